The van der Waals surface area contributed by atoms with Gasteiger partial charge in [0.2, 0.25) is 0 Å². The highest BCUT2D eigenvalue weighted by Crippen LogP contribution is 2.01. The van der Waals surface area contributed by atoms with Gasteiger partial charge in [0.15, 0.2) is 0 Å². The van der Waals surface area contributed by atoms with E-state index >= 15 is 0 Å². The lowest BCUT2D eigenvalue weighted by Crippen LogP contribution is -2.07. The van der Waals surface area contributed by atoms with E-state index in [1.54, 1.807) is 13.0 Å². The second-order valence-corrected chi connectivity index (χ2v) is 1.80. The van der Waals surface area contributed by atoms with Crippen molar-refractivity contribution < 1.29 is 5.11 Å². The fourth-order valence-corrected chi connectivity index (χ4v) is 0.192. The Kier molecular flexibility index (Phi) is 2.68. The average Bonchev–Trinajstić information content (AvgIpc) is 1.65. The molecule has 0 bridgehead atoms. The van der Waals surface area contributed by atoms with Crippen LogP contribution in [0.4, 0.5) is 0 Å². The molecule has 0 fully saturated rings. The smallest absolute Gasteiger partial charge is 0.0961 e. The van der Waals surface area contributed by atoms with Gasteiger partial charge in [0.1, 0.15) is 0 Å². The molecule has 0 saturated carbocycles. The van der Waals surface area contributed by atoms with Crippen LogP contribution in [0.2, 0.25) is 0 Å². The van der Waals surface area contributed by atoms with Crippen LogP contribution in [-0.2, 0) is 5.11 Å². The highest BCUT2D eigenvalue weighted by molar-refractivity contribution is 4.77. The van der Waals surface area contributed by atoms with Gasteiger partial charge in [0.25, 0.3) is 0 Å². The fourth-order valence-electron chi connectivity index (χ4n) is 0.192. The Morgan fingerprint density at radius 1 is 1.57 bits per heavy atom. The standard InChI is InChI=1S/C6H11O/c1-4-5(2)6(3)7/h4-6H,1H2,2-3H3. The Morgan fingerprint density at radius 2 is 2.00 bits per heavy atom. The van der Waals surface area contributed by atoms with Crippen molar-refractivity contribution in [1.82, 2.24) is 0 Å². The SMILES string of the molecule is C=CC(C)C(C)[O]. The normalized spacial score (nSPS) is 18.1. The highest BCUT2D eigenvalue weighted by atomic mass is 16.3. The molecule has 0 N–H and O–H groups in total. The van der Waals surface area contributed by atoms with Gasteiger partial charge in [-0.1, -0.05) is 13.0 Å². The summed E-state index contributed by atoms with van der Waals surface area (Å²) in [6, 6.07) is 0. The van der Waals surface area contributed by atoms with Gasteiger partial charge in [-0.05, 0) is 6.92 Å². The summed E-state index contributed by atoms with van der Waals surface area (Å²) in [5.41, 5.74) is 0. The maximum atomic E-state index is 10.4. The van der Waals surface area contributed by atoms with Crippen LogP contribution in [0, 0.1) is 5.92 Å². The molecule has 0 rings (SSSR count). The Hall–Kier alpha value is -0.300. The number of rotatable bonds is 2. The molecule has 2 atom stereocenters. The molecule has 0 aliphatic rings. The third kappa shape index (κ3) is 2.40. The Bertz CT molecular complexity index is 57.2. The summed E-state index contributed by atoms with van der Waals surface area (Å²) in [6.45, 7) is 6.99. The van der Waals surface area contributed by atoms with Crippen LogP contribution in [0.5, 0.6) is 0 Å². The summed E-state index contributed by atoms with van der Waals surface area (Å²) in [4.78, 5) is 0. The summed E-state index contributed by atoms with van der Waals surface area (Å²) in [5, 5.41) is 10.4. The molecule has 0 heterocycles. The lowest BCUT2D eigenvalue weighted by Gasteiger charge is -2.03. The van der Waals surface area contributed by atoms with Crippen molar-refractivity contribution in [3.05, 3.63) is 12.7 Å². The first-order valence-electron chi connectivity index (χ1n) is 2.47. The van der Waals surface area contributed by atoms with Crippen molar-refractivity contribution in [3.8, 4) is 0 Å². The molecular weight excluding hydrogens is 88.1 g/mol. The zero-order valence-corrected chi connectivity index (χ0v) is 4.85. The lowest BCUT2D eigenvalue weighted by molar-refractivity contribution is 0.0757. The molecule has 0 aromatic carbocycles. The average molecular weight is 99.2 g/mol. The molecule has 0 aromatic heterocycles. The van der Waals surface area contributed by atoms with Crippen molar-refractivity contribution in [1.29, 1.82) is 0 Å². The van der Waals surface area contributed by atoms with Crippen molar-refractivity contribution in [2.75, 3.05) is 0 Å². The van der Waals surface area contributed by atoms with Gasteiger partial charge in [0.05, 0.1) is 6.10 Å². The predicted octanol–water partition coefficient (Wildman–Crippen LogP) is 1.63. The predicted molar refractivity (Wildman–Crippen MR) is 29.5 cm³/mol. The molecule has 0 aromatic rings. The minimum Gasteiger partial charge on any atom is -0.233 e. The van der Waals surface area contributed by atoms with Crippen LogP contribution in [0.25, 0.3) is 0 Å². The molecule has 7 heavy (non-hydrogen) atoms. The first kappa shape index (κ1) is 6.70. The molecule has 0 amide bonds. The van der Waals surface area contributed by atoms with Crippen molar-refractivity contribution in [2.24, 2.45) is 5.92 Å². The lowest BCUT2D eigenvalue weighted by atomic mass is 10.1. The molecule has 0 saturated heterocycles. The van der Waals surface area contributed by atoms with E-state index in [0.29, 0.717) is 0 Å². The van der Waals surface area contributed by atoms with Crippen LogP contribution in [0.1, 0.15) is 13.8 Å². The molecule has 2 unspecified atom stereocenters. The molecule has 0 aliphatic heterocycles. The van der Waals surface area contributed by atoms with E-state index in [-0.39, 0.29) is 5.92 Å². The highest BCUT2D eigenvalue weighted by Gasteiger charge is 2.02. The third-order valence-corrected chi connectivity index (χ3v) is 1.11. The monoisotopic (exact) mass is 99.1 g/mol. The topological polar surface area (TPSA) is 19.9 Å². The van der Waals surface area contributed by atoms with Crippen LogP contribution in [0.15, 0.2) is 12.7 Å². The van der Waals surface area contributed by atoms with E-state index < -0.39 is 6.10 Å². The summed E-state index contributed by atoms with van der Waals surface area (Å²) in [7, 11) is 0. The summed E-state index contributed by atoms with van der Waals surface area (Å²) in [5.74, 6) is 0.111. The van der Waals surface area contributed by atoms with Gasteiger partial charge >= 0.3 is 0 Å². The van der Waals surface area contributed by atoms with E-state index in [0.717, 1.165) is 0 Å². The Labute approximate surface area is 44.7 Å². The first-order chi connectivity index (χ1) is 3.18. The number of hydrogen-bond donors (Lipinski definition) is 0. The van der Waals surface area contributed by atoms with Crippen LogP contribution < -0.4 is 0 Å². The molecular formula is C6H11O. The third-order valence-electron chi connectivity index (χ3n) is 1.11. The van der Waals surface area contributed by atoms with Crippen LogP contribution >= 0.6 is 0 Å². The van der Waals surface area contributed by atoms with Crippen molar-refractivity contribution >= 4 is 0 Å². The molecule has 1 heteroatoms. The summed E-state index contributed by atoms with van der Waals surface area (Å²) < 4.78 is 0. The quantitative estimate of drug-likeness (QED) is 0.469. The molecule has 41 valence electrons. The van der Waals surface area contributed by atoms with Crippen LogP contribution in [-0.4, -0.2) is 6.10 Å². The van der Waals surface area contributed by atoms with E-state index in [2.05, 4.69) is 6.58 Å². The maximum Gasteiger partial charge on any atom is 0.0961 e. The fraction of sp³-hybridized carbons (Fsp3) is 0.667. The Morgan fingerprint density at radius 3 is 2.00 bits per heavy atom. The van der Waals surface area contributed by atoms with Gasteiger partial charge in [0, 0.05) is 5.92 Å². The zero-order chi connectivity index (χ0) is 5.86. The van der Waals surface area contributed by atoms with Crippen molar-refractivity contribution in [2.45, 2.75) is 20.0 Å². The largest absolute Gasteiger partial charge is 0.233 e. The second kappa shape index (κ2) is 2.80. The van der Waals surface area contributed by atoms with Gasteiger partial charge in [-0.15, -0.1) is 6.58 Å². The van der Waals surface area contributed by atoms with E-state index in [1.165, 1.54) is 0 Å². The summed E-state index contributed by atoms with van der Waals surface area (Å²) in [6.07, 6.45) is 1.18. The Balaban J connectivity index is 3.33. The minimum absolute atomic E-state index is 0.111. The van der Waals surface area contributed by atoms with Crippen molar-refractivity contribution in [3.63, 3.8) is 0 Å². The maximum absolute atomic E-state index is 10.4. The van der Waals surface area contributed by atoms with E-state index in [4.69, 9.17) is 0 Å². The van der Waals surface area contributed by atoms with E-state index in [9.17, 15) is 5.11 Å². The second-order valence-electron chi connectivity index (χ2n) is 1.80. The van der Waals surface area contributed by atoms with E-state index in [1.807, 2.05) is 6.92 Å². The first-order valence-corrected chi connectivity index (χ1v) is 2.47. The zero-order valence-electron chi connectivity index (χ0n) is 4.85. The van der Waals surface area contributed by atoms with Gasteiger partial charge < -0.3 is 0 Å². The summed E-state index contributed by atoms with van der Waals surface area (Å²) >= 11 is 0. The minimum atomic E-state index is -0.502. The number of hydrogen-bond acceptors (Lipinski definition) is 0. The molecule has 1 radical (unpaired) electrons. The van der Waals surface area contributed by atoms with Gasteiger partial charge in [-0.25, -0.2) is 5.11 Å². The van der Waals surface area contributed by atoms with Gasteiger partial charge in [-0.3, -0.25) is 0 Å². The molecule has 1 nitrogen and oxygen atoms in total. The molecule has 0 aliphatic carbocycles. The molecule has 0 spiro atoms. The van der Waals surface area contributed by atoms with Gasteiger partial charge in [-0.2, -0.15) is 0 Å². The van der Waals surface area contributed by atoms with Crippen LogP contribution in [0.3, 0.4) is 0 Å².